The first kappa shape index (κ1) is 15.3. The number of carbonyl (C=O) groups is 1. The van der Waals surface area contributed by atoms with Crippen molar-refractivity contribution in [3.8, 4) is 0 Å². The van der Waals surface area contributed by atoms with Crippen LogP contribution in [0.1, 0.15) is 19.3 Å². The molecule has 0 aliphatic carbocycles. The molecule has 0 saturated carbocycles. The van der Waals surface area contributed by atoms with Gasteiger partial charge in [-0.2, -0.15) is 0 Å². The predicted molar refractivity (Wildman–Crippen MR) is 77.4 cm³/mol. The maximum Gasteiger partial charge on any atom is 0.303 e. The normalized spacial score (nSPS) is 13.5. The van der Waals surface area contributed by atoms with Gasteiger partial charge in [-0.25, -0.2) is 8.93 Å². The van der Waals surface area contributed by atoms with E-state index < -0.39 is 15.7 Å². The van der Waals surface area contributed by atoms with Crippen LogP contribution in [-0.4, -0.2) is 26.9 Å². The highest BCUT2D eigenvalue weighted by Crippen LogP contribution is 2.12. The first-order valence-corrected chi connectivity index (χ1v) is 7.44. The molecule has 5 nitrogen and oxygen atoms in total. The molecule has 0 saturated heterocycles. The number of nitrogen functional groups attached to an aromatic ring is 1. The first-order valence-electron chi connectivity index (χ1n) is 5.88. The molecule has 1 aromatic rings. The molecule has 0 fully saturated rings. The molecule has 0 amide bonds. The van der Waals surface area contributed by atoms with E-state index in [-0.39, 0.29) is 6.42 Å². The summed E-state index contributed by atoms with van der Waals surface area (Å²) in [6, 6.07) is 6.74. The Balaban J connectivity index is 2.65. The number of hydrogen-bond acceptors (Lipinski definition) is 3. The Labute approximate surface area is 113 Å². The Bertz CT molecular complexity index is 585. The topological polar surface area (TPSA) is 92.4 Å². The first-order chi connectivity index (χ1) is 8.98. The van der Waals surface area contributed by atoms with Crippen LogP contribution in [0, 0.1) is 0 Å². The van der Waals surface area contributed by atoms with Gasteiger partial charge in [-0.1, -0.05) is 6.07 Å². The third-order valence-corrected chi connectivity index (χ3v) is 4.45. The third-order valence-electron chi connectivity index (χ3n) is 2.52. The van der Waals surface area contributed by atoms with E-state index in [1.165, 1.54) is 0 Å². The summed E-state index contributed by atoms with van der Waals surface area (Å²) in [6.45, 7) is 3.90. The highest BCUT2D eigenvalue weighted by atomic mass is 32.2. The van der Waals surface area contributed by atoms with E-state index in [1.54, 1.807) is 24.3 Å². The molecule has 104 valence electrons. The van der Waals surface area contributed by atoms with Crippen molar-refractivity contribution >= 4 is 26.4 Å². The monoisotopic (exact) mass is 282 g/mol. The fraction of sp³-hybridized carbons (Fsp3) is 0.308. The summed E-state index contributed by atoms with van der Waals surface area (Å²) in [5.74, 6) is -0.827. The van der Waals surface area contributed by atoms with E-state index in [0.29, 0.717) is 30.0 Å². The summed E-state index contributed by atoms with van der Waals surface area (Å²) < 4.78 is 15.4. The van der Waals surface area contributed by atoms with Crippen LogP contribution in [-0.2, 0) is 14.5 Å². The summed E-state index contributed by atoms with van der Waals surface area (Å²) in [7, 11) is -2.67. The van der Waals surface area contributed by atoms with Gasteiger partial charge in [0.1, 0.15) is 0 Å². The number of carboxylic acids is 1. The average molecular weight is 282 g/mol. The summed E-state index contributed by atoms with van der Waals surface area (Å²) in [5.41, 5.74) is 6.17. The largest absolute Gasteiger partial charge is 0.481 e. The molecule has 0 aliphatic rings. The lowest BCUT2D eigenvalue weighted by atomic mass is 10.2. The smallest absolute Gasteiger partial charge is 0.303 e. The number of hydrogen-bond donors (Lipinski definition) is 3. The second-order valence-corrected chi connectivity index (χ2v) is 6.18. The van der Waals surface area contributed by atoms with Gasteiger partial charge in [0.15, 0.2) is 0 Å². The predicted octanol–water partition coefficient (Wildman–Crippen LogP) is 1.26. The van der Waals surface area contributed by atoms with Gasteiger partial charge in [0.05, 0.1) is 14.6 Å². The molecule has 1 atom stereocenters. The van der Waals surface area contributed by atoms with Gasteiger partial charge >= 0.3 is 5.97 Å². The number of carboxylic acid groups (broad SMARTS) is 1. The number of anilines is 1. The molecule has 6 heteroatoms. The molecule has 0 bridgehead atoms. The van der Waals surface area contributed by atoms with Gasteiger partial charge in [-0.05, 0) is 42.6 Å². The Hall–Kier alpha value is -1.75. The van der Waals surface area contributed by atoms with Crippen LogP contribution in [0.25, 0.3) is 0 Å². The average Bonchev–Trinajstić information content (AvgIpc) is 2.37. The minimum Gasteiger partial charge on any atom is -0.481 e. The van der Waals surface area contributed by atoms with Crippen molar-refractivity contribution in [1.29, 1.82) is 0 Å². The number of aliphatic carboxylic acids is 1. The summed E-state index contributed by atoms with van der Waals surface area (Å²) in [6.07, 6.45) is 1.26. The molecule has 0 spiro atoms. The number of benzene rings is 1. The quantitative estimate of drug-likeness (QED) is 0.399. The minimum atomic E-state index is -2.67. The second kappa shape index (κ2) is 6.99. The lowest BCUT2D eigenvalue weighted by Crippen LogP contribution is -2.25. The molecule has 1 unspecified atom stereocenters. The standard InChI is InChI=1S/C13H18N2O3S/c1-2-19(18,12-7-5-6-11(14)10-12)15-9-4-3-8-13(16)17/h5-7,10H,1,3-4,8-9,14H2,(H,15,18)(H,16,17). The number of rotatable bonds is 7. The third kappa shape index (κ3) is 4.79. The molecule has 4 N–H and O–H groups in total. The van der Waals surface area contributed by atoms with Crippen molar-refractivity contribution in [1.82, 2.24) is 4.72 Å². The van der Waals surface area contributed by atoms with Crippen LogP contribution < -0.4 is 10.5 Å². The minimum absolute atomic E-state index is 0.110. The number of nitrogens with one attached hydrogen (secondary N) is 1. The molecule has 0 radical (unpaired) electrons. The van der Waals surface area contributed by atoms with Gasteiger partial charge in [-0.3, -0.25) is 4.79 Å². The molecule has 19 heavy (non-hydrogen) atoms. The van der Waals surface area contributed by atoms with Crippen molar-refractivity contribution < 1.29 is 14.1 Å². The van der Waals surface area contributed by atoms with Gasteiger partial charge in [0.25, 0.3) is 0 Å². The van der Waals surface area contributed by atoms with Crippen LogP contribution in [0.15, 0.2) is 35.7 Å². The van der Waals surface area contributed by atoms with Crippen molar-refractivity contribution in [2.45, 2.75) is 24.2 Å². The molecule has 1 rings (SSSR count). The zero-order valence-electron chi connectivity index (χ0n) is 10.6. The summed E-state index contributed by atoms with van der Waals surface area (Å²) in [5, 5.41) is 11.0. The van der Waals surface area contributed by atoms with Gasteiger partial charge in [-0.15, -0.1) is 0 Å². The maximum atomic E-state index is 12.5. The molecule has 1 aromatic carbocycles. The Morgan fingerprint density at radius 3 is 2.79 bits per heavy atom. The van der Waals surface area contributed by atoms with Crippen LogP contribution in [0.2, 0.25) is 0 Å². The maximum absolute atomic E-state index is 12.5. The van der Waals surface area contributed by atoms with Crippen molar-refractivity contribution in [2.75, 3.05) is 12.3 Å². The van der Waals surface area contributed by atoms with Gasteiger partial charge in [0, 0.05) is 18.7 Å². The lowest BCUT2D eigenvalue weighted by molar-refractivity contribution is -0.137. The Morgan fingerprint density at radius 2 is 2.21 bits per heavy atom. The highest BCUT2D eigenvalue weighted by molar-refractivity contribution is 7.99. The fourth-order valence-corrected chi connectivity index (χ4v) is 2.97. The molecule has 0 aromatic heterocycles. The van der Waals surface area contributed by atoms with E-state index in [9.17, 15) is 9.00 Å². The Morgan fingerprint density at radius 1 is 1.47 bits per heavy atom. The van der Waals surface area contributed by atoms with E-state index >= 15 is 0 Å². The second-order valence-electron chi connectivity index (χ2n) is 4.02. The van der Waals surface area contributed by atoms with E-state index in [0.717, 1.165) is 0 Å². The van der Waals surface area contributed by atoms with Crippen LogP contribution in [0.3, 0.4) is 0 Å². The van der Waals surface area contributed by atoms with E-state index in [4.69, 9.17) is 10.8 Å². The van der Waals surface area contributed by atoms with E-state index in [2.05, 4.69) is 16.3 Å². The van der Waals surface area contributed by atoms with Crippen molar-refractivity contribution in [2.24, 2.45) is 0 Å². The van der Waals surface area contributed by atoms with Crippen LogP contribution in [0.4, 0.5) is 5.69 Å². The fourth-order valence-electron chi connectivity index (χ4n) is 1.53. The highest BCUT2D eigenvalue weighted by Gasteiger charge is 2.09. The molecular weight excluding hydrogens is 264 g/mol. The zero-order chi connectivity index (χ0) is 14.3. The SMILES string of the molecule is C=C=S(=O)(NCCCCC(=O)O)c1cccc(N)c1. The van der Waals surface area contributed by atoms with Gasteiger partial charge < -0.3 is 10.8 Å². The van der Waals surface area contributed by atoms with Gasteiger partial charge in [0.2, 0.25) is 0 Å². The van der Waals surface area contributed by atoms with Crippen LogP contribution >= 0.6 is 0 Å². The molecule has 0 aliphatic heterocycles. The van der Waals surface area contributed by atoms with Crippen molar-refractivity contribution in [3.05, 3.63) is 30.8 Å². The lowest BCUT2D eigenvalue weighted by Gasteiger charge is -2.11. The Kier molecular flexibility index (Phi) is 5.63. The van der Waals surface area contributed by atoms with E-state index in [1.807, 2.05) is 0 Å². The molecule has 0 heterocycles. The summed E-state index contributed by atoms with van der Waals surface area (Å²) >= 11 is 0. The number of unbranched alkanes of at least 4 members (excludes halogenated alkanes) is 1. The van der Waals surface area contributed by atoms with Crippen LogP contribution in [0.5, 0.6) is 0 Å². The summed E-state index contributed by atoms with van der Waals surface area (Å²) in [4.78, 5) is 10.9. The molecular formula is C13H18N2O3S. The zero-order valence-corrected chi connectivity index (χ0v) is 11.4. The van der Waals surface area contributed by atoms with Crippen molar-refractivity contribution in [3.63, 3.8) is 0 Å². The number of nitrogens with two attached hydrogens (primary N) is 1.